The number of anilines is 1. The van der Waals surface area contributed by atoms with Crippen LogP contribution in [0.3, 0.4) is 0 Å². The summed E-state index contributed by atoms with van der Waals surface area (Å²) in [6.07, 6.45) is 3.53. The van der Waals surface area contributed by atoms with E-state index in [1.807, 2.05) is 36.4 Å². The van der Waals surface area contributed by atoms with Crippen molar-refractivity contribution in [1.29, 1.82) is 0 Å². The van der Waals surface area contributed by atoms with Crippen LogP contribution in [0.4, 0.5) is 5.69 Å². The summed E-state index contributed by atoms with van der Waals surface area (Å²) >= 11 is 0. The standard InChI is InChI=1S/C21H22N2O2/c22-16-8-9-19-18(13-16)17(10-11-23-21(24)15-6-7-15)20(25-19)12-14-4-2-1-3-5-14/h1-5,8-9,13,15H,6-7,10-12,22H2,(H,23,24). The van der Waals surface area contributed by atoms with Gasteiger partial charge < -0.3 is 15.5 Å². The summed E-state index contributed by atoms with van der Waals surface area (Å²) < 4.78 is 6.11. The maximum atomic E-state index is 11.9. The molecule has 1 aliphatic carbocycles. The van der Waals surface area contributed by atoms with Gasteiger partial charge in [0.25, 0.3) is 0 Å². The van der Waals surface area contributed by atoms with Crippen molar-refractivity contribution in [3.8, 4) is 0 Å². The topological polar surface area (TPSA) is 68.3 Å². The zero-order chi connectivity index (χ0) is 17.2. The number of carbonyl (C=O) groups excluding carboxylic acids is 1. The number of carbonyl (C=O) groups is 1. The minimum Gasteiger partial charge on any atom is -0.460 e. The van der Waals surface area contributed by atoms with E-state index in [1.54, 1.807) is 0 Å². The smallest absolute Gasteiger partial charge is 0.223 e. The van der Waals surface area contributed by atoms with E-state index >= 15 is 0 Å². The second kappa shape index (κ2) is 6.63. The monoisotopic (exact) mass is 334 g/mol. The number of fused-ring (bicyclic) bond motifs is 1. The predicted molar refractivity (Wildman–Crippen MR) is 99.3 cm³/mol. The number of hydrogen-bond acceptors (Lipinski definition) is 3. The largest absolute Gasteiger partial charge is 0.460 e. The number of hydrogen-bond donors (Lipinski definition) is 2. The molecule has 25 heavy (non-hydrogen) atoms. The van der Waals surface area contributed by atoms with Crippen LogP contribution in [0.1, 0.15) is 29.7 Å². The van der Waals surface area contributed by atoms with Crippen molar-refractivity contribution < 1.29 is 9.21 Å². The molecule has 3 aromatic rings. The molecule has 1 aromatic heterocycles. The van der Waals surface area contributed by atoms with Gasteiger partial charge in [-0.25, -0.2) is 0 Å². The lowest BCUT2D eigenvalue weighted by molar-refractivity contribution is -0.122. The molecule has 4 rings (SSSR count). The van der Waals surface area contributed by atoms with Gasteiger partial charge in [-0.15, -0.1) is 0 Å². The van der Waals surface area contributed by atoms with E-state index in [9.17, 15) is 4.79 Å². The zero-order valence-corrected chi connectivity index (χ0v) is 14.1. The van der Waals surface area contributed by atoms with Gasteiger partial charge in [0, 0.05) is 35.5 Å². The van der Waals surface area contributed by atoms with Gasteiger partial charge in [0.15, 0.2) is 0 Å². The molecule has 0 aliphatic heterocycles. The number of furan rings is 1. The molecular formula is C21H22N2O2. The third-order valence-electron chi connectivity index (χ3n) is 4.73. The highest BCUT2D eigenvalue weighted by Gasteiger charge is 2.29. The van der Waals surface area contributed by atoms with Gasteiger partial charge in [-0.3, -0.25) is 4.79 Å². The lowest BCUT2D eigenvalue weighted by atomic mass is 10.0. The van der Waals surface area contributed by atoms with E-state index < -0.39 is 0 Å². The molecule has 1 aliphatic rings. The van der Waals surface area contributed by atoms with Gasteiger partial charge in [0.2, 0.25) is 5.91 Å². The van der Waals surface area contributed by atoms with Gasteiger partial charge in [-0.1, -0.05) is 30.3 Å². The van der Waals surface area contributed by atoms with E-state index in [1.165, 1.54) is 5.56 Å². The van der Waals surface area contributed by atoms with Crippen molar-refractivity contribution in [3.05, 3.63) is 65.4 Å². The molecule has 1 fully saturated rings. The van der Waals surface area contributed by atoms with Gasteiger partial charge >= 0.3 is 0 Å². The molecule has 128 valence electrons. The maximum Gasteiger partial charge on any atom is 0.223 e. The molecule has 2 aromatic carbocycles. The van der Waals surface area contributed by atoms with Crippen LogP contribution in [0.2, 0.25) is 0 Å². The molecular weight excluding hydrogens is 312 g/mol. The fourth-order valence-corrected chi connectivity index (χ4v) is 3.22. The molecule has 1 saturated carbocycles. The van der Waals surface area contributed by atoms with Crippen LogP contribution in [0, 0.1) is 5.92 Å². The van der Waals surface area contributed by atoms with E-state index in [0.717, 1.165) is 53.7 Å². The minimum absolute atomic E-state index is 0.178. The van der Waals surface area contributed by atoms with E-state index in [2.05, 4.69) is 17.4 Å². The van der Waals surface area contributed by atoms with Crippen molar-refractivity contribution >= 4 is 22.6 Å². The van der Waals surface area contributed by atoms with Gasteiger partial charge in [0.05, 0.1) is 0 Å². The average molecular weight is 334 g/mol. The van der Waals surface area contributed by atoms with Gasteiger partial charge in [-0.2, -0.15) is 0 Å². The zero-order valence-electron chi connectivity index (χ0n) is 14.1. The highest BCUT2D eigenvalue weighted by atomic mass is 16.3. The normalized spacial score (nSPS) is 13.9. The third-order valence-corrected chi connectivity index (χ3v) is 4.73. The quantitative estimate of drug-likeness (QED) is 0.676. The molecule has 1 heterocycles. The van der Waals surface area contributed by atoms with Crippen molar-refractivity contribution in [2.45, 2.75) is 25.7 Å². The fourth-order valence-electron chi connectivity index (χ4n) is 3.22. The number of amides is 1. The van der Waals surface area contributed by atoms with Crippen molar-refractivity contribution in [2.24, 2.45) is 5.92 Å². The number of rotatable bonds is 6. The van der Waals surface area contributed by atoms with Crippen LogP contribution >= 0.6 is 0 Å². The molecule has 0 atom stereocenters. The Morgan fingerprint density at radius 3 is 2.72 bits per heavy atom. The lowest BCUT2D eigenvalue weighted by Crippen LogP contribution is -2.27. The fraction of sp³-hybridized carbons (Fsp3) is 0.286. The first-order valence-electron chi connectivity index (χ1n) is 8.82. The van der Waals surface area contributed by atoms with Gasteiger partial charge in [0.1, 0.15) is 11.3 Å². The lowest BCUT2D eigenvalue weighted by Gasteiger charge is -2.06. The Labute approximate surface area is 147 Å². The number of benzene rings is 2. The van der Waals surface area contributed by atoms with Crippen LogP contribution in [-0.2, 0) is 17.6 Å². The van der Waals surface area contributed by atoms with E-state index in [-0.39, 0.29) is 11.8 Å². The van der Waals surface area contributed by atoms with Crippen molar-refractivity contribution in [3.63, 3.8) is 0 Å². The molecule has 0 radical (unpaired) electrons. The molecule has 3 N–H and O–H groups in total. The Balaban J connectivity index is 1.60. The summed E-state index contributed by atoms with van der Waals surface area (Å²) in [6, 6.07) is 16.0. The Morgan fingerprint density at radius 1 is 1.16 bits per heavy atom. The van der Waals surface area contributed by atoms with Crippen LogP contribution in [0.15, 0.2) is 52.9 Å². The molecule has 0 unspecified atom stereocenters. The van der Waals surface area contributed by atoms with Crippen molar-refractivity contribution in [1.82, 2.24) is 5.32 Å². The Hall–Kier alpha value is -2.75. The van der Waals surface area contributed by atoms with Crippen LogP contribution in [0.5, 0.6) is 0 Å². The second-order valence-corrected chi connectivity index (χ2v) is 6.74. The SMILES string of the molecule is Nc1ccc2oc(Cc3ccccc3)c(CCNC(=O)C3CC3)c2c1. The van der Waals surface area contributed by atoms with Crippen molar-refractivity contribution in [2.75, 3.05) is 12.3 Å². The highest BCUT2D eigenvalue weighted by molar-refractivity contribution is 5.85. The Bertz CT molecular complexity index is 895. The first-order valence-corrected chi connectivity index (χ1v) is 8.82. The molecule has 1 amide bonds. The average Bonchev–Trinajstić information content (AvgIpc) is 3.41. The molecule has 0 spiro atoms. The van der Waals surface area contributed by atoms with Gasteiger partial charge in [-0.05, 0) is 43.0 Å². The van der Waals surface area contributed by atoms with Crippen LogP contribution < -0.4 is 11.1 Å². The second-order valence-electron chi connectivity index (χ2n) is 6.74. The molecule has 0 saturated heterocycles. The number of nitrogens with two attached hydrogens (primary N) is 1. The number of nitrogen functional groups attached to an aromatic ring is 1. The Morgan fingerprint density at radius 2 is 1.96 bits per heavy atom. The summed E-state index contributed by atoms with van der Waals surface area (Å²) in [4.78, 5) is 11.9. The number of nitrogens with one attached hydrogen (secondary N) is 1. The first kappa shape index (κ1) is 15.8. The highest BCUT2D eigenvalue weighted by Crippen LogP contribution is 2.31. The third kappa shape index (κ3) is 3.53. The molecule has 4 heteroatoms. The predicted octanol–water partition coefficient (Wildman–Crippen LogP) is 3.67. The Kier molecular flexibility index (Phi) is 4.18. The summed E-state index contributed by atoms with van der Waals surface area (Å²) in [5, 5.41) is 4.09. The summed E-state index contributed by atoms with van der Waals surface area (Å²) in [6.45, 7) is 0.626. The molecule has 4 nitrogen and oxygen atoms in total. The van der Waals surface area contributed by atoms with Crippen LogP contribution in [0.25, 0.3) is 11.0 Å². The summed E-state index contributed by atoms with van der Waals surface area (Å²) in [7, 11) is 0. The van der Waals surface area contributed by atoms with E-state index in [4.69, 9.17) is 10.2 Å². The summed E-state index contributed by atoms with van der Waals surface area (Å²) in [5.74, 6) is 1.37. The maximum absolute atomic E-state index is 11.9. The summed E-state index contributed by atoms with van der Waals surface area (Å²) in [5.41, 5.74) is 9.89. The molecule has 0 bridgehead atoms. The van der Waals surface area contributed by atoms with E-state index in [0.29, 0.717) is 6.54 Å². The first-order chi connectivity index (χ1) is 12.2. The minimum atomic E-state index is 0.178. The van der Waals surface area contributed by atoms with Crippen LogP contribution in [-0.4, -0.2) is 12.5 Å².